The number of nitrogens with one attached hydrogen (secondary N) is 1. The monoisotopic (exact) mass is 298 g/mol. The lowest BCUT2D eigenvalue weighted by Crippen LogP contribution is -2.30. The van der Waals surface area contributed by atoms with Gasteiger partial charge in [0.15, 0.2) is 5.82 Å². The van der Waals surface area contributed by atoms with Crippen molar-refractivity contribution < 1.29 is 4.92 Å². The van der Waals surface area contributed by atoms with Gasteiger partial charge in [0.1, 0.15) is 0 Å². The average molecular weight is 298 g/mol. The van der Waals surface area contributed by atoms with Crippen molar-refractivity contribution in [2.45, 2.75) is 13.1 Å². The number of rotatable bonds is 7. The molecule has 0 spiro atoms. The Morgan fingerprint density at radius 1 is 1.23 bits per heavy atom. The molecule has 2 aromatic rings. The summed E-state index contributed by atoms with van der Waals surface area (Å²) >= 11 is 0. The molecule has 0 aliphatic rings. The molecule has 6 heteroatoms. The van der Waals surface area contributed by atoms with Gasteiger partial charge in [0.25, 0.3) is 6.20 Å². The molecule has 0 aliphatic heterocycles. The molecule has 0 saturated heterocycles. The minimum Gasteiger partial charge on any atom is -0.370 e. The second kappa shape index (κ2) is 7.78. The lowest BCUT2D eigenvalue weighted by atomic mass is 10.2. The van der Waals surface area contributed by atoms with E-state index in [2.05, 4.69) is 10.3 Å². The van der Waals surface area contributed by atoms with Gasteiger partial charge in [-0.15, -0.1) is 0 Å². The number of hydrogen-bond donors (Lipinski definition) is 1. The van der Waals surface area contributed by atoms with Gasteiger partial charge >= 0.3 is 0 Å². The van der Waals surface area contributed by atoms with Crippen LogP contribution < -0.4 is 5.32 Å². The number of benzene rings is 1. The standard InChI is InChI=1S/C16H18N4O2/c1-17-16(13-20(21)22)19(11-14-6-3-2-4-7-14)12-15-8-5-9-18-10-15/h2-10,13,17H,11-12H2,1H3. The van der Waals surface area contributed by atoms with Crippen LogP contribution in [0.25, 0.3) is 0 Å². The minimum atomic E-state index is -0.451. The van der Waals surface area contributed by atoms with E-state index in [9.17, 15) is 10.1 Å². The molecular weight excluding hydrogens is 280 g/mol. The van der Waals surface area contributed by atoms with Gasteiger partial charge in [0, 0.05) is 32.5 Å². The van der Waals surface area contributed by atoms with Crippen molar-refractivity contribution in [3.8, 4) is 0 Å². The predicted molar refractivity (Wildman–Crippen MR) is 84.1 cm³/mol. The first-order valence-electron chi connectivity index (χ1n) is 6.90. The van der Waals surface area contributed by atoms with Gasteiger partial charge in [0.05, 0.1) is 4.92 Å². The first kappa shape index (κ1) is 15.5. The van der Waals surface area contributed by atoms with Crippen LogP contribution in [0, 0.1) is 10.1 Å². The molecule has 0 bridgehead atoms. The lowest BCUT2D eigenvalue weighted by molar-refractivity contribution is -0.404. The summed E-state index contributed by atoms with van der Waals surface area (Å²) in [6.45, 7) is 1.10. The summed E-state index contributed by atoms with van der Waals surface area (Å²) in [5.41, 5.74) is 2.07. The first-order valence-corrected chi connectivity index (χ1v) is 6.90. The molecule has 0 unspecified atom stereocenters. The van der Waals surface area contributed by atoms with Crippen LogP contribution >= 0.6 is 0 Å². The molecule has 114 valence electrons. The van der Waals surface area contributed by atoms with Crippen LogP contribution in [0.4, 0.5) is 0 Å². The molecule has 1 aromatic heterocycles. The molecular formula is C16H18N4O2. The first-order chi connectivity index (χ1) is 10.7. The highest BCUT2D eigenvalue weighted by molar-refractivity contribution is 5.17. The fourth-order valence-corrected chi connectivity index (χ4v) is 2.15. The van der Waals surface area contributed by atoms with Crippen LogP contribution in [-0.4, -0.2) is 21.9 Å². The van der Waals surface area contributed by atoms with Crippen molar-refractivity contribution in [1.82, 2.24) is 15.2 Å². The molecule has 6 nitrogen and oxygen atoms in total. The third-order valence-electron chi connectivity index (χ3n) is 3.14. The summed E-state index contributed by atoms with van der Waals surface area (Å²) in [6.07, 6.45) is 4.45. The van der Waals surface area contributed by atoms with Crippen molar-refractivity contribution in [3.63, 3.8) is 0 Å². The Kier molecular flexibility index (Phi) is 5.48. The number of hydrogen-bond acceptors (Lipinski definition) is 5. The largest absolute Gasteiger partial charge is 0.370 e. The van der Waals surface area contributed by atoms with Crippen molar-refractivity contribution in [3.05, 3.63) is 88.1 Å². The Morgan fingerprint density at radius 3 is 2.50 bits per heavy atom. The average Bonchev–Trinajstić information content (AvgIpc) is 2.54. The van der Waals surface area contributed by atoms with Crippen LogP contribution in [0.15, 0.2) is 66.9 Å². The Balaban J connectivity index is 2.25. The molecule has 1 heterocycles. The van der Waals surface area contributed by atoms with E-state index in [1.165, 1.54) is 0 Å². The normalized spacial score (nSPS) is 11.0. The summed E-state index contributed by atoms with van der Waals surface area (Å²) < 4.78 is 0. The SMILES string of the molecule is CNC(=C[N+](=O)[O-])N(Cc1ccccc1)Cc1cccnc1. The van der Waals surface area contributed by atoms with Crippen molar-refractivity contribution in [2.24, 2.45) is 0 Å². The van der Waals surface area contributed by atoms with Gasteiger partial charge in [-0.1, -0.05) is 36.4 Å². The highest BCUT2D eigenvalue weighted by atomic mass is 16.6. The maximum atomic E-state index is 10.8. The van der Waals surface area contributed by atoms with Gasteiger partial charge in [-0.25, -0.2) is 0 Å². The Bertz CT molecular complexity index is 588. The van der Waals surface area contributed by atoms with Crippen molar-refractivity contribution in [2.75, 3.05) is 7.05 Å². The van der Waals surface area contributed by atoms with Gasteiger partial charge < -0.3 is 10.2 Å². The molecule has 0 atom stereocenters. The Labute approximate surface area is 129 Å². The van der Waals surface area contributed by atoms with E-state index >= 15 is 0 Å². The number of aromatic nitrogens is 1. The second-order valence-electron chi connectivity index (χ2n) is 4.75. The Hall–Kier alpha value is -2.89. The van der Waals surface area contributed by atoms with E-state index in [-0.39, 0.29) is 0 Å². The smallest absolute Gasteiger partial charge is 0.274 e. The highest BCUT2D eigenvalue weighted by Crippen LogP contribution is 2.13. The van der Waals surface area contributed by atoms with Crippen LogP contribution in [0.3, 0.4) is 0 Å². The Morgan fingerprint density at radius 2 is 1.91 bits per heavy atom. The molecule has 0 fully saturated rings. The highest BCUT2D eigenvalue weighted by Gasteiger charge is 2.13. The molecule has 22 heavy (non-hydrogen) atoms. The van der Waals surface area contributed by atoms with Crippen molar-refractivity contribution in [1.29, 1.82) is 0 Å². The summed E-state index contributed by atoms with van der Waals surface area (Å²) in [6, 6.07) is 13.6. The molecule has 0 amide bonds. The number of nitrogens with zero attached hydrogens (tertiary/aromatic N) is 3. The summed E-state index contributed by atoms with van der Waals surface area (Å²) in [4.78, 5) is 16.4. The maximum absolute atomic E-state index is 10.8. The van der Waals surface area contributed by atoms with E-state index in [1.54, 1.807) is 19.4 Å². The van der Waals surface area contributed by atoms with E-state index in [0.717, 1.165) is 17.3 Å². The number of pyridine rings is 1. The van der Waals surface area contributed by atoms with Gasteiger partial charge in [-0.2, -0.15) is 0 Å². The minimum absolute atomic E-state index is 0.451. The van der Waals surface area contributed by atoms with Crippen molar-refractivity contribution >= 4 is 0 Å². The molecule has 0 aliphatic carbocycles. The summed E-state index contributed by atoms with van der Waals surface area (Å²) in [5.74, 6) is 0.456. The van der Waals surface area contributed by atoms with E-state index < -0.39 is 4.92 Å². The van der Waals surface area contributed by atoms with Gasteiger partial charge in [-0.05, 0) is 17.2 Å². The van der Waals surface area contributed by atoms with E-state index in [4.69, 9.17) is 0 Å². The quantitative estimate of drug-likeness (QED) is 0.627. The fourth-order valence-electron chi connectivity index (χ4n) is 2.15. The number of nitro groups is 1. The summed E-state index contributed by atoms with van der Waals surface area (Å²) in [5, 5.41) is 13.7. The molecule has 0 radical (unpaired) electrons. The zero-order valence-electron chi connectivity index (χ0n) is 12.3. The molecule has 1 N–H and O–H groups in total. The lowest BCUT2D eigenvalue weighted by Gasteiger charge is -2.25. The summed E-state index contributed by atoms with van der Waals surface area (Å²) in [7, 11) is 1.68. The third kappa shape index (κ3) is 4.59. The second-order valence-corrected chi connectivity index (χ2v) is 4.75. The van der Waals surface area contributed by atoms with Crippen LogP contribution in [0.5, 0.6) is 0 Å². The topological polar surface area (TPSA) is 71.3 Å². The van der Waals surface area contributed by atoms with Gasteiger partial charge in [0.2, 0.25) is 0 Å². The predicted octanol–water partition coefficient (Wildman–Crippen LogP) is 2.38. The zero-order valence-corrected chi connectivity index (χ0v) is 12.3. The molecule has 0 saturated carbocycles. The zero-order chi connectivity index (χ0) is 15.8. The fraction of sp³-hybridized carbons (Fsp3) is 0.188. The van der Waals surface area contributed by atoms with E-state index in [0.29, 0.717) is 18.9 Å². The van der Waals surface area contributed by atoms with Crippen LogP contribution in [0.1, 0.15) is 11.1 Å². The van der Waals surface area contributed by atoms with Gasteiger partial charge in [-0.3, -0.25) is 15.1 Å². The van der Waals surface area contributed by atoms with Crippen LogP contribution in [-0.2, 0) is 13.1 Å². The maximum Gasteiger partial charge on any atom is 0.274 e. The third-order valence-corrected chi connectivity index (χ3v) is 3.14. The van der Waals surface area contributed by atoms with Crippen LogP contribution in [0.2, 0.25) is 0 Å². The molecule has 2 rings (SSSR count). The molecule has 1 aromatic carbocycles. The van der Waals surface area contributed by atoms with E-state index in [1.807, 2.05) is 47.4 Å².